The second-order valence-corrected chi connectivity index (χ2v) is 7.63. The van der Waals surface area contributed by atoms with Gasteiger partial charge in [-0.2, -0.15) is 0 Å². The Morgan fingerprint density at radius 2 is 1.94 bits per heavy atom. The van der Waals surface area contributed by atoms with Crippen LogP contribution in [-0.2, 0) is 13.2 Å². The first-order valence-corrected chi connectivity index (χ1v) is 10.4. The van der Waals surface area contributed by atoms with Crippen molar-refractivity contribution in [3.8, 4) is 5.75 Å². The predicted molar refractivity (Wildman–Crippen MR) is 119 cm³/mol. The van der Waals surface area contributed by atoms with Crippen molar-refractivity contribution in [3.05, 3.63) is 70.6 Å². The van der Waals surface area contributed by atoms with Crippen LogP contribution in [0.4, 0.5) is 5.95 Å². The number of aromatic nitrogens is 3. The Labute approximate surface area is 181 Å². The van der Waals surface area contributed by atoms with E-state index in [0.717, 1.165) is 35.3 Å². The maximum atomic E-state index is 13.0. The Kier molecular flexibility index (Phi) is 5.75. The van der Waals surface area contributed by atoms with Crippen LogP contribution in [0.5, 0.6) is 5.75 Å². The molecule has 7 heteroatoms. The lowest BCUT2D eigenvalue weighted by Crippen LogP contribution is -2.18. The van der Waals surface area contributed by atoms with E-state index in [4.69, 9.17) is 9.26 Å². The molecule has 0 saturated heterocycles. The van der Waals surface area contributed by atoms with Crippen molar-refractivity contribution in [2.45, 2.75) is 47.3 Å². The fourth-order valence-electron chi connectivity index (χ4n) is 3.48. The summed E-state index contributed by atoms with van der Waals surface area (Å²) in [5.74, 6) is 1.41. The molecule has 7 nitrogen and oxygen atoms in total. The van der Waals surface area contributed by atoms with Crippen LogP contribution in [0.15, 0.2) is 47.0 Å². The minimum Gasteiger partial charge on any atom is -0.489 e. The number of anilines is 1. The van der Waals surface area contributed by atoms with E-state index in [1.54, 1.807) is 6.92 Å². The van der Waals surface area contributed by atoms with Crippen LogP contribution >= 0.6 is 0 Å². The minimum absolute atomic E-state index is 0.186. The summed E-state index contributed by atoms with van der Waals surface area (Å²) in [6.07, 6.45) is 0.918. The van der Waals surface area contributed by atoms with Gasteiger partial charge in [0, 0.05) is 6.54 Å². The highest BCUT2D eigenvalue weighted by atomic mass is 16.5. The molecule has 1 amide bonds. The van der Waals surface area contributed by atoms with E-state index in [1.807, 2.05) is 54.0 Å². The molecule has 2 aromatic heterocycles. The van der Waals surface area contributed by atoms with Crippen LogP contribution in [0.2, 0.25) is 0 Å². The number of imidazole rings is 1. The van der Waals surface area contributed by atoms with E-state index < -0.39 is 0 Å². The highest BCUT2D eigenvalue weighted by molar-refractivity contribution is 6.03. The first-order valence-electron chi connectivity index (χ1n) is 10.4. The number of nitrogens with zero attached hydrogens (tertiary/aromatic N) is 3. The first-order chi connectivity index (χ1) is 15.0. The molecular weight excluding hydrogens is 392 g/mol. The van der Waals surface area contributed by atoms with Crippen LogP contribution in [0.3, 0.4) is 0 Å². The number of hydrogen-bond acceptors (Lipinski definition) is 5. The summed E-state index contributed by atoms with van der Waals surface area (Å²) < 4.78 is 13.2. The summed E-state index contributed by atoms with van der Waals surface area (Å²) in [5, 5.41) is 6.89. The van der Waals surface area contributed by atoms with E-state index in [0.29, 0.717) is 17.3 Å². The maximum absolute atomic E-state index is 13.0. The quantitative estimate of drug-likeness (QED) is 0.447. The van der Waals surface area contributed by atoms with Gasteiger partial charge in [0.05, 0.1) is 16.6 Å². The molecule has 0 unspecified atom stereocenters. The number of rotatable bonds is 7. The summed E-state index contributed by atoms with van der Waals surface area (Å²) in [5.41, 5.74) is 4.98. The summed E-state index contributed by atoms with van der Waals surface area (Å²) >= 11 is 0. The lowest BCUT2D eigenvalue weighted by molar-refractivity contribution is 0.101. The number of amides is 1. The van der Waals surface area contributed by atoms with Gasteiger partial charge in [0.1, 0.15) is 18.1 Å². The second kappa shape index (κ2) is 8.63. The molecule has 2 heterocycles. The number of nitrogens with one attached hydrogen (secondary N) is 1. The number of fused-ring (bicyclic) bond motifs is 1. The average molecular weight is 418 g/mol. The van der Waals surface area contributed by atoms with Crippen LogP contribution in [0, 0.1) is 20.8 Å². The molecule has 0 fully saturated rings. The molecule has 0 bridgehead atoms. The largest absolute Gasteiger partial charge is 0.489 e. The molecule has 0 aliphatic carbocycles. The van der Waals surface area contributed by atoms with E-state index in [9.17, 15) is 4.79 Å². The zero-order chi connectivity index (χ0) is 22.0. The van der Waals surface area contributed by atoms with Gasteiger partial charge in [-0.25, -0.2) is 4.98 Å². The lowest BCUT2D eigenvalue weighted by atomic mass is 10.1. The van der Waals surface area contributed by atoms with Gasteiger partial charge in [-0.15, -0.1) is 0 Å². The molecule has 0 aliphatic heterocycles. The molecule has 0 saturated carbocycles. The molecular formula is C24H26N4O3. The fourth-order valence-corrected chi connectivity index (χ4v) is 3.48. The summed E-state index contributed by atoms with van der Waals surface area (Å²) in [6.45, 7) is 8.88. The van der Waals surface area contributed by atoms with Crippen molar-refractivity contribution in [3.63, 3.8) is 0 Å². The van der Waals surface area contributed by atoms with Gasteiger partial charge in [0.25, 0.3) is 5.91 Å². The van der Waals surface area contributed by atoms with E-state index >= 15 is 0 Å². The Morgan fingerprint density at radius 1 is 1.13 bits per heavy atom. The van der Waals surface area contributed by atoms with Crippen LogP contribution in [0.1, 0.15) is 46.3 Å². The second-order valence-electron chi connectivity index (χ2n) is 7.63. The van der Waals surface area contributed by atoms with Gasteiger partial charge in [-0.3, -0.25) is 10.1 Å². The third-order valence-electron chi connectivity index (χ3n) is 5.39. The van der Waals surface area contributed by atoms with Gasteiger partial charge >= 0.3 is 0 Å². The third kappa shape index (κ3) is 4.17. The van der Waals surface area contributed by atoms with Crippen molar-refractivity contribution in [1.82, 2.24) is 14.7 Å². The molecule has 0 spiro atoms. The molecule has 4 aromatic rings. The highest BCUT2D eigenvalue weighted by Crippen LogP contribution is 2.23. The van der Waals surface area contributed by atoms with Gasteiger partial charge < -0.3 is 13.8 Å². The smallest absolute Gasteiger partial charge is 0.280 e. The summed E-state index contributed by atoms with van der Waals surface area (Å²) in [6, 6.07) is 13.7. The standard InChI is InChI=1S/C24H26N4O3/c1-5-12-28-21-9-7-6-8-20(21)25-24(28)26-23(29)22-19(17(4)31-27-22)14-30-18-11-10-15(2)16(3)13-18/h6-11,13H,5,12,14H2,1-4H3,(H,25,26,29). The predicted octanol–water partition coefficient (Wildman–Crippen LogP) is 5.19. The number of para-hydroxylation sites is 2. The van der Waals surface area contributed by atoms with Crippen molar-refractivity contribution in [2.75, 3.05) is 5.32 Å². The minimum atomic E-state index is -0.372. The summed E-state index contributed by atoms with van der Waals surface area (Å²) in [4.78, 5) is 17.6. The average Bonchev–Trinajstić information content (AvgIpc) is 3.29. The number of benzene rings is 2. The van der Waals surface area contributed by atoms with Gasteiger partial charge in [0.2, 0.25) is 5.95 Å². The zero-order valence-corrected chi connectivity index (χ0v) is 18.2. The van der Waals surface area contributed by atoms with E-state index in [-0.39, 0.29) is 18.2 Å². The SMILES string of the molecule is CCCn1c(NC(=O)c2noc(C)c2COc2ccc(C)c(C)c2)nc2ccccc21. The third-order valence-corrected chi connectivity index (χ3v) is 5.39. The number of aryl methyl sites for hydroxylation is 4. The van der Waals surface area contributed by atoms with Gasteiger partial charge in [-0.05, 0) is 62.6 Å². The van der Waals surface area contributed by atoms with Gasteiger partial charge in [-0.1, -0.05) is 30.3 Å². The maximum Gasteiger partial charge on any atom is 0.280 e. The van der Waals surface area contributed by atoms with Crippen molar-refractivity contribution < 1.29 is 14.1 Å². The monoisotopic (exact) mass is 418 g/mol. The molecule has 0 aliphatic rings. The molecule has 4 rings (SSSR count). The summed E-state index contributed by atoms with van der Waals surface area (Å²) in [7, 11) is 0. The number of carbonyl (C=O) groups excluding carboxylic acids is 1. The van der Waals surface area contributed by atoms with Crippen molar-refractivity contribution >= 4 is 22.9 Å². The molecule has 1 N–H and O–H groups in total. The molecule has 2 aromatic carbocycles. The molecule has 0 radical (unpaired) electrons. The van der Waals surface area contributed by atoms with Crippen LogP contribution in [0.25, 0.3) is 11.0 Å². The molecule has 160 valence electrons. The van der Waals surface area contributed by atoms with Crippen LogP contribution in [-0.4, -0.2) is 20.6 Å². The normalized spacial score (nSPS) is 11.1. The van der Waals surface area contributed by atoms with Gasteiger partial charge in [0.15, 0.2) is 5.69 Å². The van der Waals surface area contributed by atoms with Crippen molar-refractivity contribution in [1.29, 1.82) is 0 Å². The number of hydrogen-bond donors (Lipinski definition) is 1. The molecule has 31 heavy (non-hydrogen) atoms. The van der Waals surface area contributed by atoms with Crippen molar-refractivity contribution in [2.24, 2.45) is 0 Å². The van der Waals surface area contributed by atoms with Crippen LogP contribution < -0.4 is 10.1 Å². The Hall–Kier alpha value is -3.61. The molecule has 0 atom stereocenters. The number of carbonyl (C=O) groups is 1. The van der Waals surface area contributed by atoms with E-state index in [1.165, 1.54) is 5.56 Å². The zero-order valence-electron chi connectivity index (χ0n) is 18.2. The number of ether oxygens (including phenoxy) is 1. The highest BCUT2D eigenvalue weighted by Gasteiger charge is 2.22. The Morgan fingerprint density at radius 3 is 2.71 bits per heavy atom. The Balaban J connectivity index is 1.57. The fraction of sp³-hybridized carbons (Fsp3) is 0.292. The topological polar surface area (TPSA) is 82.2 Å². The van der Waals surface area contributed by atoms with E-state index in [2.05, 4.69) is 29.3 Å². The lowest BCUT2D eigenvalue weighted by Gasteiger charge is -2.10. The Bertz CT molecular complexity index is 1240. The first kappa shape index (κ1) is 20.7.